The molecular formula is C13H11BrN4S. The predicted molar refractivity (Wildman–Crippen MR) is 81.0 cm³/mol. The van der Waals surface area contributed by atoms with Crippen LogP contribution in [0.25, 0.3) is 11.4 Å². The van der Waals surface area contributed by atoms with Crippen LogP contribution in [0.2, 0.25) is 0 Å². The van der Waals surface area contributed by atoms with E-state index in [9.17, 15) is 0 Å². The van der Waals surface area contributed by atoms with Crippen LogP contribution in [0.3, 0.4) is 0 Å². The first kappa shape index (κ1) is 12.4. The predicted octanol–water partition coefficient (Wildman–Crippen LogP) is 3.40. The molecule has 3 rings (SSSR count). The van der Waals surface area contributed by atoms with E-state index in [0.717, 1.165) is 27.4 Å². The average molecular weight is 335 g/mol. The molecule has 0 aliphatic heterocycles. The van der Waals surface area contributed by atoms with E-state index in [0.29, 0.717) is 0 Å². The highest BCUT2D eigenvalue weighted by molar-refractivity contribution is 9.11. The van der Waals surface area contributed by atoms with Crippen LogP contribution in [0, 0.1) is 0 Å². The molecule has 4 nitrogen and oxygen atoms in total. The normalized spacial score (nSPS) is 10.8. The summed E-state index contributed by atoms with van der Waals surface area (Å²) in [5.74, 6) is 0.718. The maximum atomic E-state index is 5.67. The van der Waals surface area contributed by atoms with Gasteiger partial charge in [-0.2, -0.15) is 5.10 Å². The third-order valence-electron chi connectivity index (χ3n) is 2.65. The van der Waals surface area contributed by atoms with Crippen molar-refractivity contribution >= 4 is 33.0 Å². The fourth-order valence-corrected chi connectivity index (χ4v) is 3.21. The standard InChI is InChI=1S/C13H11BrN4S/c14-12-6-5-11(19-12)7-18-8-16-13(17-18)9-1-3-10(15)4-2-9/h1-6,8H,7,15H2. The van der Waals surface area contributed by atoms with Crippen LogP contribution in [-0.4, -0.2) is 14.8 Å². The Balaban J connectivity index is 1.81. The lowest BCUT2D eigenvalue weighted by Crippen LogP contribution is -1.98. The SMILES string of the molecule is Nc1ccc(-c2ncn(Cc3ccc(Br)s3)n2)cc1. The number of benzene rings is 1. The quantitative estimate of drug-likeness (QED) is 0.747. The number of hydrogen-bond acceptors (Lipinski definition) is 4. The van der Waals surface area contributed by atoms with Crippen LogP contribution >= 0.6 is 27.3 Å². The molecule has 0 aliphatic carbocycles. The summed E-state index contributed by atoms with van der Waals surface area (Å²) >= 11 is 5.16. The highest BCUT2D eigenvalue weighted by Gasteiger charge is 2.05. The number of aromatic nitrogens is 3. The highest BCUT2D eigenvalue weighted by atomic mass is 79.9. The van der Waals surface area contributed by atoms with Gasteiger partial charge in [-0.15, -0.1) is 11.3 Å². The number of thiophene rings is 1. The van der Waals surface area contributed by atoms with E-state index < -0.39 is 0 Å². The van der Waals surface area contributed by atoms with Crippen LogP contribution < -0.4 is 5.73 Å². The Morgan fingerprint density at radius 2 is 1.95 bits per heavy atom. The Labute approximate surface area is 123 Å². The molecule has 0 amide bonds. The second-order valence-electron chi connectivity index (χ2n) is 4.09. The highest BCUT2D eigenvalue weighted by Crippen LogP contribution is 2.23. The molecule has 3 aromatic rings. The Kier molecular flexibility index (Phi) is 3.35. The molecule has 0 spiro atoms. The maximum absolute atomic E-state index is 5.67. The number of halogens is 1. The Morgan fingerprint density at radius 1 is 1.16 bits per heavy atom. The fourth-order valence-electron chi connectivity index (χ4n) is 1.73. The molecule has 0 fully saturated rings. The summed E-state index contributed by atoms with van der Waals surface area (Å²) in [5.41, 5.74) is 7.38. The van der Waals surface area contributed by atoms with Crippen molar-refractivity contribution in [3.8, 4) is 11.4 Å². The Bertz CT molecular complexity index is 687. The number of hydrogen-bond donors (Lipinski definition) is 1. The van der Waals surface area contributed by atoms with Crippen molar-refractivity contribution in [3.63, 3.8) is 0 Å². The molecule has 0 radical (unpaired) electrons. The lowest BCUT2D eigenvalue weighted by Gasteiger charge is -1.97. The number of nitrogen functional groups attached to an aromatic ring is 1. The van der Waals surface area contributed by atoms with Crippen molar-refractivity contribution in [2.45, 2.75) is 6.54 Å². The van der Waals surface area contributed by atoms with Gasteiger partial charge >= 0.3 is 0 Å². The molecule has 0 saturated carbocycles. The molecule has 6 heteroatoms. The van der Waals surface area contributed by atoms with Crippen molar-refractivity contribution in [1.29, 1.82) is 0 Å². The average Bonchev–Trinajstić information content (AvgIpc) is 3.00. The van der Waals surface area contributed by atoms with E-state index in [1.165, 1.54) is 4.88 Å². The van der Waals surface area contributed by atoms with Gasteiger partial charge in [0.05, 0.1) is 10.3 Å². The second kappa shape index (κ2) is 5.14. The van der Waals surface area contributed by atoms with Crippen molar-refractivity contribution in [2.75, 3.05) is 5.73 Å². The lowest BCUT2D eigenvalue weighted by molar-refractivity contribution is 0.695. The number of rotatable bonds is 3. The van der Waals surface area contributed by atoms with E-state index in [2.05, 4.69) is 32.1 Å². The molecule has 0 saturated heterocycles. The Hall–Kier alpha value is -1.66. The summed E-state index contributed by atoms with van der Waals surface area (Å²) in [6.07, 6.45) is 1.75. The maximum Gasteiger partial charge on any atom is 0.181 e. The summed E-state index contributed by atoms with van der Waals surface area (Å²) in [6.45, 7) is 0.734. The van der Waals surface area contributed by atoms with Crippen molar-refractivity contribution in [1.82, 2.24) is 14.8 Å². The molecule has 0 aliphatic rings. The van der Waals surface area contributed by atoms with E-state index in [4.69, 9.17) is 5.73 Å². The second-order valence-corrected chi connectivity index (χ2v) is 6.64. The topological polar surface area (TPSA) is 56.7 Å². The first-order valence-corrected chi connectivity index (χ1v) is 7.31. The van der Waals surface area contributed by atoms with Gasteiger partial charge in [0, 0.05) is 16.1 Å². The van der Waals surface area contributed by atoms with E-state index >= 15 is 0 Å². The summed E-state index contributed by atoms with van der Waals surface area (Å²) in [6, 6.07) is 11.7. The molecule has 96 valence electrons. The number of nitrogens with zero attached hydrogens (tertiary/aromatic N) is 3. The van der Waals surface area contributed by atoms with Crippen LogP contribution in [0.15, 0.2) is 46.5 Å². The summed E-state index contributed by atoms with van der Waals surface area (Å²) in [4.78, 5) is 5.56. The Morgan fingerprint density at radius 3 is 2.63 bits per heavy atom. The molecule has 2 aromatic heterocycles. The largest absolute Gasteiger partial charge is 0.399 e. The molecule has 0 atom stereocenters. The van der Waals surface area contributed by atoms with Crippen molar-refractivity contribution in [3.05, 3.63) is 51.4 Å². The number of nitrogens with two attached hydrogens (primary N) is 1. The summed E-state index contributed by atoms with van der Waals surface area (Å²) < 4.78 is 2.96. The first-order chi connectivity index (χ1) is 9.20. The summed E-state index contributed by atoms with van der Waals surface area (Å²) in [5, 5.41) is 4.47. The van der Waals surface area contributed by atoms with Crippen LogP contribution in [-0.2, 0) is 6.54 Å². The van der Waals surface area contributed by atoms with Crippen molar-refractivity contribution in [2.24, 2.45) is 0 Å². The zero-order chi connectivity index (χ0) is 13.2. The minimum absolute atomic E-state index is 0.718. The van der Waals surface area contributed by atoms with Crippen LogP contribution in [0.4, 0.5) is 5.69 Å². The van der Waals surface area contributed by atoms with Gasteiger partial charge in [-0.25, -0.2) is 9.67 Å². The zero-order valence-electron chi connectivity index (χ0n) is 9.95. The van der Waals surface area contributed by atoms with E-state index in [1.54, 1.807) is 17.7 Å². The van der Waals surface area contributed by atoms with E-state index in [1.807, 2.05) is 35.0 Å². The molecule has 0 unspecified atom stereocenters. The van der Waals surface area contributed by atoms with Crippen LogP contribution in [0.1, 0.15) is 4.88 Å². The minimum atomic E-state index is 0.718. The van der Waals surface area contributed by atoms with Crippen molar-refractivity contribution < 1.29 is 0 Å². The van der Waals surface area contributed by atoms with Gasteiger partial charge in [0.2, 0.25) is 0 Å². The zero-order valence-corrected chi connectivity index (χ0v) is 12.4. The fraction of sp³-hybridized carbons (Fsp3) is 0.0769. The van der Waals surface area contributed by atoms with Gasteiger partial charge in [-0.05, 0) is 52.3 Å². The smallest absolute Gasteiger partial charge is 0.181 e. The van der Waals surface area contributed by atoms with Gasteiger partial charge < -0.3 is 5.73 Å². The minimum Gasteiger partial charge on any atom is -0.399 e. The lowest BCUT2D eigenvalue weighted by atomic mass is 10.2. The number of anilines is 1. The van der Waals surface area contributed by atoms with Gasteiger partial charge in [0.15, 0.2) is 5.82 Å². The third-order valence-corrected chi connectivity index (χ3v) is 4.26. The molecule has 2 heterocycles. The first-order valence-electron chi connectivity index (χ1n) is 5.70. The van der Waals surface area contributed by atoms with Gasteiger partial charge in [0.1, 0.15) is 6.33 Å². The molecular weight excluding hydrogens is 324 g/mol. The molecule has 0 bridgehead atoms. The summed E-state index contributed by atoms with van der Waals surface area (Å²) in [7, 11) is 0. The van der Waals surface area contributed by atoms with Gasteiger partial charge in [-0.3, -0.25) is 0 Å². The molecule has 1 aromatic carbocycles. The van der Waals surface area contributed by atoms with Crippen LogP contribution in [0.5, 0.6) is 0 Å². The van der Waals surface area contributed by atoms with E-state index in [-0.39, 0.29) is 0 Å². The van der Waals surface area contributed by atoms with Gasteiger partial charge in [-0.1, -0.05) is 0 Å². The van der Waals surface area contributed by atoms with Gasteiger partial charge in [0.25, 0.3) is 0 Å². The molecule has 2 N–H and O–H groups in total. The third kappa shape index (κ3) is 2.85. The monoisotopic (exact) mass is 334 g/mol. The molecule has 19 heavy (non-hydrogen) atoms.